The van der Waals surface area contributed by atoms with Crippen molar-refractivity contribution in [1.82, 2.24) is 5.32 Å². The van der Waals surface area contributed by atoms with E-state index in [1.54, 1.807) is 25.1 Å². The molecule has 0 aliphatic heterocycles. The van der Waals surface area contributed by atoms with E-state index in [-0.39, 0.29) is 0 Å². The van der Waals surface area contributed by atoms with Crippen molar-refractivity contribution in [3.63, 3.8) is 0 Å². The zero-order chi connectivity index (χ0) is 11.3. The summed E-state index contributed by atoms with van der Waals surface area (Å²) in [6, 6.07) is 6.51. The summed E-state index contributed by atoms with van der Waals surface area (Å²) in [5, 5.41) is 2.45. The number of hydrogen-bond donors (Lipinski definition) is 1. The smallest absolute Gasteiger partial charge is 0.292 e. The second-order valence-electron chi connectivity index (χ2n) is 2.92. The van der Waals surface area contributed by atoms with Crippen LogP contribution in [0, 0.1) is 0 Å². The lowest BCUT2D eigenvalue weighted by atomic mass is 10.1. The van der Waals surface area contributed by atoms with Crippen molar-refractivity contribution in [2.75, 3.05) is 13.7 Å². The molecule has 4 heteroatoms. The molecule has 80 valence electrons. The van der Waals surface area contributed by atoms with Crippen molar-refractivity contribution in [1.29, 1.82) is 0 Å². The van der Waals surface area contributed by atoms with Crippen LogP contribution in [-0.2, 0) is 4.79 Å². The molecule has 0 bridgehead atoms. The molecule has 0 unspecified atom stereocenters. The summed E-state index contributed by atoms with van der Waals surface area (Å²) in [6.45, 7) is 2.20. The first-order chi connectivity index (χ1) is 7.19. The summed E-state index contributed by atoms with van der Waals surface area (Å²) in [5.74, 6) is -0.577. The zero-order valence-electron chi connectivity index (χ0n) is 8.74. The van der Waals surface area contributed by atoms with Gasteiger partial charge in [0.1, 0.15) is 5.75 Å². The number of Topliss-reactive ketones (excluding diaryl/α,β-unsaturated/α-hetero) is 1. The molecular weight excluding hydrogens is 194 g/mol. The van der Waals surface area contributed by atoms with E-state index in [1.165, 1.54) is 13.2 Å². The molecular formula is C11H13NO3. The van der Waals surface area contributed by atoms with Crippen LogP contribution < -0.4 is 10.1 Å². The summed E-state index contributed by atoms with van der Waals surface area (Å²) in [4.78, 5) is 22.8. The highest BCUT2D eigenvalue weighted by Gasteiger charge is 2.15. The van der Waals surface area contributed by atoms with Crippen molar-refractivity contribution in [3.05, 3.63) is 29.8 Å². The highest BCUT2D eigenvalue weighted by molar-refractivity contribution is 6.42. The highest BCUT2D eigenvalue weighted by atomic mass is 16.5. The number of ether oxygens (including phenoxy) is 1. The van der Waals surface area contributed by atoms with Crippen LogP contribution in [0.2, 0.25) is 0 Å². The van der Waals surface area contributed by atoms with Crippen LogP contribution in [0.4, 0.5) is 0 Å². The molecule has 1 aromatic rings. The number of likely N-dealkylation sites (N-methyl/N-ethyl adjacent to an activating group) is 1. The normalized spacial score (nSPS) is 9.47. The summed E-state index contributed by atoms with van der Waals surface area (Å²) in [7, 11) is 1.51. The minimum absolute atomic E-state index is 0.334. The molecule has 1 N–H and O–H groups in total. The molecule has 4 nitrogen and oxygen atoms in total. The zero-order valence-corrected chi connectivity index (χ0v) is 8.74. The number of carbonyl (C=O) groups excluding carboxylic acids is 2. The van der Waals surface area contributed by atoms with E-state index in [4.69, 9.17) is 4.74 Å². The van der Waals surface area contributed by atoms with Gasteiger partial charge in [-0.05, 0) is 19.1 Å². The Morgan fingerprint density at radius 2 is 2.13 bits per heavy atom. The lowest BCUT2D eigenvalue weighted by molar-refractivity contribution is -0.116. The fourth-order valence-electron chi connectivity index (χ4n) is 1.14. The van der Waals surface area contributed by atoms with Gasteiger partial charge in [0.05, 0.1) is 7.11 Å². The molecule has 0 radical (unpaired) electrons. The Balaban J connectivity index is 2.86. The molecule has 0 aliphatic rings. The first kappa shape index (κ1) is 11.2. The van der Waals surface area contributed by atoms with Crippen LogP contribution in [0.5, 0.6) is 5.75 Å². The van der Waals surface area contributed by atoms with Gasteiger partial charge in [0.15, 0.2) is 0 Å². The van der Waals surface area contributed by atoms with Gasteiger partial charge in [0.25, 0.3) is 5.91 Å². The largest absolute Gasteiger partial charge is 0.497 e. The molecule has 0 heterocycles. The third-order valence-corrected chi connectivity index (χ3v) is 1.88. The van der Waals surface area contributed by atoms with Gasteiger partial charge in [0, 0.05) is 12.1 Å². The van der Waals surface area contributed by atoms with Crippen LogP contribution in [0.3, 0.4) is 0 Å². The SMILES string of the molecule is CCNC(=O)C(=O)c1cccc(OC)c1. The van der Waals surface area contributed by atoms with Gasteiger partial charge < -0.3 is 10.1 Å². The number of amides is 1. The predicted octanol–water partition coefficient (Wildman–Crippen LogP) is 1.01. The van der Waals surface area contributed by atoms with E-state index in [1.807, 2.05) is 0 Å². The Kier molecular flexibility index (Phi) is 3.85. The maximum Gasteiger partial charge on any atom is 0.292 e. The standard InChI is InChI=1S/C11H13NO3/c1-3-12-11(14)10(13)8-5-4-6-9(7-8)15-2/h4-7H,3H2,1-2H3,(H,12,14). The van der Waals surface area contributed by atoms with Gasteiger partial charge >= 0.3 is 0 Å². The summed E-state index contributed by atoms with van der Waals surface area (Å²) >= 11 is 0. The summed E-state index contributed by atoms with van der Waals surface area (Å²) < 4.78 is 4.96. The Hall–Kier alpha value is -1.84. The first-order valence-electron chi connectivity index (χ1n) is 4.65. The fraction of sp³-hybridized carbons (Fsp3) is 0.273. The lowest BCUT2D eigenvalue weighted by Crippen LogP contribution is -2.30. The number of rotatable bonds is 4. The van der Waals surface area contributed by atoms with Gasteiger partial charge in [-0.15, -0.1) is 0 Å². The molecule has 1 aromatic carbocycles. The number of hydrogen-bond acceptors (Lipinski definition) is 3. The molecule has 0 spiro atoms. The number of nitrogens with one attached hydrogen (secondary N) is 1. The lowest BCUT2D eigenvalue weighted by Gasteiger charge is -2.03. The molecule has 15 heavy (non-hydrogen) atoms. The summed E-state index contributed by atoms with van der Waals surface area (Å²) in [5.41, 5.74) is 0.334. The van der Waals surface area contributed by atoms with Crippen molar-refractivity contribution in [2.45, 2.75) is 6.92 Å². The molecule has 0 aromatic heterocycles. The molecule has 0 fully saturated rings. The predicted molar refractivity (Wildman–Crippen MR) is 56.0 cm³/mol. The van der Waals surface area contributed by atoms with Gasteiger partial charge in [-0.2, -0.15) is 0 Å². The summed E-state index contributed by atoms with van der Waals surface area (Å²) in [6.07, 6.45) is 0. The average Bonchev–Trinajstić information content (AvgIpc) is 2.28. The first-order valence-corrected chi connectivity index (χ1v) is 4.65. The number of methoxy groups -OCH3 is 1. The van der Waals surface area contributed by atoms with Crippen molar-refractivity contribution in [3.8, 4) is 5.75 Å². The Bertz CT molecular complexity index is 374. The van der Waals surface area contributed by atoms with Gasteiger partial charge in [0.2, 0.25) is 5.78 Å². The van der Waals surface area contributed by atoms with Gasteiger partial charge in [-0.3, -0.25) is 9.59 Å². The van der Waals surface area contributed by atoms with Crippen LogP contribution >= 0.6 is 0 Å². The molecule has 0 aliphatic carbocycles. The molecule has 0 atom stereocenters. The highest BCUT2D eigenvalue weighted by Crippen LogP contribution is 2.12. The van der Waals surface area contributed by atoms with Gasteiger partial charge in [-0.25, -0.2) is 0 Å². The monoisotopic (exact) mass is 207 g/mol. The Morgan fingerprint density at radius 3 is 2.73 bits per heavy atom. The van der Waals surface area contributed by atoms with Crippen LogP contribution in [0.1, 0.15) is 17.3 Å². The van der Waals surface area contributed by atoms with Crippen LogP contribution in [0.25, 0.3) is 0 Å². The third kappa shape index (κ3) is 2.80. The maximum atomic E-state index is 11.5. The molecule has 0 saturated heterocycles. The number of benzene rings is 1. The van der Waals surface area contributed by atoms with Crippen LogP contribution in [0.15, 0.2) is 24.3 Å². The Morgan fingerprint density at radius 1 is 1.40 bits per heavy atom. The minimum Gasteiger partial charge on any atom is -0.497 e. The van der Waals surface area contributed by atoms with Crippen molar-refractivity contribution >= 4 is 11.7 Å². The minimum atomic E-state index is -0.592. The maximum absolute atomic E-state index is 11.5. The average molecular weight is 207 g/mol. The van der Waals surface area contributed by atoms with Crippen LogP contribution in [-0.4, -0.2) is 25.3 Å². The van der Waals surface area contributed by atoms with E-state index in [2.05, 4.69) is 5.32 Å². The van der Waals surface area contributed by atoms with Gasteiger partial charge in [-0.1, -0.05) is 12.1 Å². The second-order valence-corrected chi connectivity index (χ2v) is 2.92. The molecule has 1 rings (SSSR count). The van der Waals surface area contributed by atoms with Crippen molar-refractivity contribution < 1.29 is 14.3 Å². The molecule has 1 amide bonds. The number of carbonyl (C=O) groups is 2. The second kappa shape index (κ2) is 5.14. The number of ketones is 1. The van der Waals surface area contributed by atoms with E-state index in [0.29, 0.717) is 17.9 Å². The topological polar surface area (TPSA) is 55.4 Å². The fourth-order valence-corrected chi connectivity index (χ4v) is 1.14. The van der Waals surface area contributed by atoms with E-state index in [9.17, 15) is 9.59 Å². The molecule has 0 saturated carbocycles. The van der Waals surface area contributed by atoms with E-state index < -0.39 is 11.7 Å². The third-order valence-electron chi connectivity index (χ3n) is 1.88. The van der Waals surface area contributed by atoms with Crippen molar-refractivity contribution in [2.24, 2.45) is 0 Å². The Labute approximate surface area is 88.2 Å². The van der Waals surface area contributed by atoms with E-state index in [0.717, 1.165) is 0 Å². The quantitative estimate of drug-likeness (QED) is 0.592. The van der Waals surface area contributed by atoms with E-state index >= 15 is 0 Å².